The lowest BCUT2D eigenvalue weighted by molar-refractivity contribution is 0.457. The molecule has 0 amide bonds. The molecule has 2 rings (SSSR count). The third kappa shape index (κ3) is 2.82. The van der Waals surface area contributed by atoms with Crippen LogP contribution < -0.4 is 4.74 Å². The number of aryl methyl sites for hydroxylation is 3. The summed E-state index contributed by atoms with van der Waals surface area (Å²) >= 11 is 5.81. The predicted molar refractivity (Wildman–Crippen MR) is 74.5 cm³/mol. The van der Waals surface area contributed by atoms with Gasteiger partial charge in [-0.3, -0.25) is 0 Å². The molecular weight excluding hydrogens is 246 g/mol. The van der Waals surface area contributed by atoms with E-state index in [4.69, 9.17) is 16.3 Å². The van der Waals surface area contributed by atoms with Crippen LogP contribution in [0.5, 0.6) is 11.6 Å². The van der Waals surface area contributed by atoms with E-state index in [0.29, 0.717) is 11.8 Å². The number of rotatable bonds is 3. The first-order valence-electron chi connectivity index (χ1n) is 5.87. The molecule has 3 heteroatoms. The molecule has 0 aliphatic rings. The molecular formula is C15H16ClNO. The molecule has 0 aliphatic carbocycles. The van der Waals surface area contributed by atoms with Crippen molar-refractivity contribution in [3.63, 3.8) is 0 Å². The monoisotopic (exact) mass is 261 g/mol. The van der Waals surface area contributed by atoms with Crippen LogP contribution in [0.4, 0.5) is 0 Å². The fourth-order valence-corrected chi connectivity index (χ4v) is 1.98. The third-order valence-electron chi connectivity index (χ3n) is 2.87. The van der Waals surface area contributed by atoms with E-state index >= 15 is 0 Å². The number of aromatic nitrogens is 1. The molecule has 0 saturated heterocycles. The SMILES string of the molecule is Cc1ccc(C)c(Oc2ccc(CCl)c(C)n2)c1. The lowest BCUT2D eigenvalue weighted by atomic mass is 10.1. The lowest BCUT2D eigenvalue weighted by Gasteiger charge is -2.10. The molecule has 18 heavy (non-hydrogen) atoms. The first kappa shape index (κ1) is 12.9. The zero-order chi connectivity index (χ0) is 13.1. The van der Waals surface area contributed by atoms with Gasteiger partial charge in [0.2, 0.25) is 5.88 Å². The van der Waals surface area contributed by atoms with Gasteiger partial charge in [-0.2, -0.15) is 0 Å². The Morgan fingerprint density at radius 1 is 1.11 bits per heavy atom. The molecule has 0 fully saturated rings. The second-order valence-corrected chi connectivity index (χ2v) is 4.67. The van der Waals surface area contributed by atoms with Crippen molar-refractivity contribution in [3.8, 4) is 11.6 Å². The molecule has 94 valence electrons. The van der Waals surface area contributed by atoms with Crippen LogP contribution in [-0.4, -0.2) is 4.98 Å². The summed E-state index contributed by atoms with van der Waals surface area (Å²) in [7, 11) is 0. The number of ether oxygens (including phenoxy) is 1. The maximum absolute atomic E-state index is 5.82. The lowest BCUT2D eigenvalue weighted by Crippen LogP contribution is -1.95. The fourth-order valence-electron chi connectivity index (χ4n) is 1.69. The van der Waals surface area contributed by atoms with Crippen LogP contribution in [0.15, 0.2) is 30.3 Å². The highest BCUT2D eigenvalue weighted by Crippen LogP contribution is 2.25. The first-order valence-corrected chi connectivity index (χ1v) is 6.41. The van der Waals surface area contributed by atoms with E-state index in [2.05, 4.69) is 11.1 Å². The molecule has 0 spiro atoms. The van der Waals surface area contributed by atoms with Crippen LogP contribution in [0, 0.1) is 20.8 Å². The van der Waals surface area contributed by atoms with Gasteiger partial charge in [0.25, 0.3) is 0 Å². The van der Waals surface area contributed by atoms with Gasteiger partial charge in [0.05, 0.1) is 0 Å². The van der Waals surface area contributed by atoms with Gasteiger partial charge in [0, 0.05) is 17.6 Å². The molecule has 1 aromatic carbocycles. The Hall–Kier alpha value is -1.54. The Morgan fingerprint density at radius 3 is 2.56 bits per heavy atom. The maximum Gasteiger partial charge on any atom is 0.219 e. The molecule has 1 aromatic heterocycles. The number of pyridine rings is 1. The number of benzene rings is 1. The standard InChI is InChI=1S/C15H16ClNO/c1-10-4-5-11(2)14(8-10)18-15-7-6-13(9-16)12(3)17-15/h4-8H,9H2,1-3H3. The first-order chi connectivity index (χ1) is 8.60. The van der Waals surface area contributed by atoms with Gasteiger partial charge >= 0.3 is 0 Å². The topological polar surface area (TPSA) is 22.1 Å². The number of alkyl halides is 1. The molecule has 0 unspecified atom stereocenters. The van der Waals surface area contributed by atoms with Gasteiger partial charge in [-0.1, -0.05) is 18.2 Å². The highest BCUT2D eigenvalue weighted by Gasteiger charge is 2.05. The zero-order valence-electron chi connectivity index (χ0n) is 10.8. The van der Waals surface area contributed by atoms with Crippen LogP contribution in [0.1, 0.15) is 22.4 Å². The Morgan fingerprint density at radius 2 is 1.89 bits per heavy atom. The quantitative estimate of drug-likeness (QED) is 0.757. The van der Waals surface area contributed by atoms with E-state index in [9.17, 15) is 0 Å². The molecule has 0 saturated carbocycles. The van der Waals surface area contributed by atoms with E-state index in [1.165, 1.54) is 5.56 Å². The van der Waals surface area contributed by atoms with Crippen LogP contribution in [-0.2, 0) is 5.88 Å². The Kier molecular flexibility index (Phi) is 3.87. The summed E-state index contributed by atoms with van der Waals surface area (Å²) in [5.74, 6) is 1.93. The smallest absolute Gasteiger partial charge is 0.219 e. The van der Waals surface area contributed by atoms with E-state index in [0.717, 1.165) is 22.6 Å². The van der Waals surface area contributed by atoms with Crippen molar-refractivity contribution in [2.24, 2.45) is 0 Å². The van der Waals surface area contributed by atoms with Crippen molar-refractivity contribution in [1.82, 2.24) is 4.98 Å². The van der Waals surface area contributed by atoms with Crippen molar-refractivity contribution in [1.29, 1.82) is 0 Å². The highest BCUT2D eigenvalue weighted by atomic mass is 35.5. The molecule has 2 nitrogen and oxygen atoms in total. The van der Waals surface area contributed by atoms with Gasteiger partial charge in [-0.25, -0.2) is 4.98 Å². The zero-order valence-corrected chi connectivity index (χ0v) is 11.6. The summed E-state index contributed by atoms with van der Waals surface area (Å²) in [4.78, 5) is 4.40. The van der Waals surface area contributed by atoms with Crippen molar-refractivity contribution < 1.29 is 4.74 Å². The number of halogens is 1. The molecule has 0 atom stereocenters. The van der Waals surface area contributed by atoms with Crippen LogP contribution in [0.3, 0.4) is 0 Å². The minimum atomic E-state index is 0.475. The average Bonchev–Trinajstić information content (AvgIpc) is 2.34. The Balaban J connectivity index is 2.28. The summed E-state index contributed by atoms with van der Waals surface area (Å²) < 4.78 is 5.82. The third-order valence-corrected chi connectivity index (χ3v) is 3.16. The molecule has 0 radical (unpaired) electrons. The van der Waals surface area contributed by atoms with E-state index in [1.54, 1.807) is 0 Å². The van der Waals surface area contributed by atoms with Gasteiger partial charge in [0.1, 0.15) is 5.75 Å². The van der Waals surface area contributed by atoms with Crippen molar-refractivity contribution in [3.05, 3.63) is 52.7 Å². The molecule has 0 N–H and O–H groups in total. The van der Waals surface area contributed by atoms with E-state index in [1.807, 2.05) is 45.0 Å². The summed E-state index contributed by atoms with van der Waals surface area (Å²) in [5, 5.41) is 0. The van der Waals surface area contributed by atoms with Crippen LogP contribution in [0.2, 0.25) is 0 Å². The predicted octanol–water partition coefficient (Wildman–Crippen LogP) is 4.54. The number of nitrogens with zero attached hydrogens (tertiary/aromatic N) is 1. The van der Waals surface area contributed by atoms with Gasteiger partial charge in [0.15, 0.2) is 0 Å². The Labute approximate surface area is 113 Å². The fraction of sp³-hybridized carbons (Fsp3) is 0.267. The molecule has 0 aliphatic heterocycles. The van der Waals surface area contributed by atoms with Crippen molar-refractivity contribution in [2.45, 2.75) is 26.7 Å². The summed E-state index contributed by atoms with van der Waals surface area (Å²) in [6, 6.07) is 9.94. The number of hydrogen-bond acceptors (Lipinski definition) is 2. The molecule has 0 bridgehead atoms. The van der Waals surface area contributed by atoms with Crippen LogP contribution >= 0.6 is 11.6 Å². The second kappa shape index (κ2) is 5.40. The van der Waals surface area contributed by atoms with Gasteiger partial charge < -0.3 is 4.74 Å². The largest absolute Gasteiger partial charge is 0.439 e. The maximum atomic E-state index is 5.82. The summed E-state index contributed by atoms with van der Waals surface area (Å²) in [6.45, 7) is 6.00. The van der Waals surface area contributed by atoms with Gasteiger partial charge in [-0.05, 0) is 43.5 Å². The molecule has 2 aromatic rings. The summed E-state index contributed by atoms with van der Waals surface area (Å²) in [5.41, 5.74) is 4.21. The summed E-state index contributed by atoms with van der Waals surface area (Å²) in [6.07, 6.45) is 0. The van der Waals surface area contributed by atoms with Crippen molar-refractivity contribution >= 4 is 11.6 Å². The average molecular weight is 262 g/mol. The Bertz CT molecular complexity index is 566. The number of hydrogen-bond donors (Lipinski definition) is 0. The highest BCUT2D eigenvalue weighted by molar-refractivity contribution is 6.17. The van der Waals surface area contributed by atoms with Crippen LogP contribution in [0.25, 0.3) is 0 Å². The molecule has 1 heterocycles. The van der Waals surface area contributed by atoms with E-state index in [-0.39, 0.29) is 0 Å². The van der Waals surface area contributed by atoms with Gasteiger partial charge in [-0.15, -0.1) is 11.6 Å². The minimum Gasteiger partial charge on any atom is -0.439 e. The minimum absolute atomic E-state index is 0.475. The van der Waals surface area contributed by atoms with E-state index < -0.39 is 0 Å². The normalized spacial score (nSPS) is 10.4. The van der Waals surface area contributed by atoms with Crippen molar-refractivity contribution in [2.75, 3.05) is 0 Å². The second-order valence-electron chi connectivity index (χ2n) is 4.40.